The largest absolute Gasteiger partial charge is 0.490 e. The first-order valence-corrected chi connectivity index (χ1v) is 8.92. The van der Waals surface area contributed by atoms with Gasteiger partial charge in [0.2, 0.25) is 0 Å². The molecule has 0 unspecified atom stereocenters. The smallest absolute Gasteiger partial charge is 0.343 e. The minimum absolute atomic E-state index is 0.0975. The number of benzene rings is 3. The molecule has 0 radical (unpaired) electrons. The van der Waals surface area contributed by atoms with E-state index < -0.39 is 11.9 Å². The van der Waals surface area contributed by atoms with E-state index in [0.717, 1.165) is 0 Å². The van der Waals surface area contributed by atoms with Crippen molar-refractivity contribution in [1.82, 2.24) is 0 Å². The van der Waals surface area contributed by atoms with E-state index in [9.17, 15) is 9.59 Å². The summed E-state index contributed by atoms with van der Waals surface area (Å²) in [5, 5.41) is 0.435. The second kappa shape index (κ2) is 9.58. The summed E-state index contributed by atoms with van der Waals surface area (Å²) in [5.74, 6) is -0.157. The van der Waals surface area contributed by atoms with E-state index >= 15 is 0 Å². The van der Waals surface area contributed by atoms with Crippen LogP contribution in [0.1, 0.15) is 20.7 Å². The molecule has 0 fully saturated rings. The van der Waals surface area contributed by atoms with E-state index in [1.165, 1.54) is 12.1 Å². The summed E-state index contributed by atoms with van der Waals surface area (Å²) in [4.78, 5) is 24.4. The topological polar surface area (TPSA) is 61.8 Å². The van der Waals surface area contributed by atoms with Crippen LogP contribution >= 0.6 is 11.6 Å². The van der Waals surface area contributed by atoms with Crippen LogP contribution in [-0.2, 0) is 4.74 Å². The van der Waals surface area contributed by atoms with Crippen molar-refractivity contribution in [2.75, 3.05) is 13.2 Å². The van der Waals surface area contributed by atoms with Crippen LogP contribution in [0.4, 0.5) is 0 Å². The summed E-state index contributed by atoms with van der Waals surface area (Å²) in [6, 6.07) is 21.9. The number of rotatable bonds is 7. The van der Waals surface area contributed by atoms with Crippen molar-refractivity contribution in [2.45, 2.75) is 0 Å². The Kier molecular flexibility index (Phi) is 6.65. The Morgan fingerprint density at radius 3 is 2.14 bits per heavy atom. The summed E-state index contributed by atoms with van der Waals surface area (Å²) in [5.41, 5.74) is 0.592. The Morgan fingerprint density at radius 1 is 0.714 bits per heavy atom. The van der Waals surface area contributed by atoms with Gasteiger partial charge in [-0.25, -0.2) is 9.59 Å². The third-order valence-corrected chi connectivity index (χ3v) is 3.90. The van der Waals surface area contributed by atoms with E-state index in [-0.39, 0.29) is 24.5 Å². The quantitative estimate of drug-likeness (QED) is 0.326. The molecule has 3 aromatic rings. The van der Waals surface area contributed by atoms with E-state index in [1.807, 2.05) is 30.3 Å². The first kappa shape index (κ1) is 19.5. The highest BCUT2D eigenvalue weighted by Gasteiger charge is 2.12. The van der Waals surface area contributed by atoms with Crippen molar-refractivity contribution in [1.29, 1.82) is 0 Å². The molecule has 28 heavy (non-hydrogen) atoms. The standard InChI is InChI=1S/C22H17ClO5/c23-18-8-4-6-16(14-18)22(25)28-20-11-5-7-17(15-20)21(24)27-13-12-26-19-9-2-1-3-10-19/h1-11,14-15H,12-13H2. The highest BCUT2D eigenvalue weighted by atomic mass is 35.5. The van der Waals surface area contributed by atoms with Crippen molar-refractivity contribution in [3.05, 3.63) is 95.0 Å². The summed E-state index contributed by atoms with van der Waals surface area (Å²) >= 11 is 5.88. The summed E-state index contributed by atoms with van der Waals surface area (Å²) in [7, 11) is 0. The van der Waals surface area contributed by atoms with Crippen LogP contribution in [0.3, 0.4) is 0 Å². The molecule has 0 spiro atoms. The molecule has 0 atom stereocenters. The van der Waals surface area contributed by atoms with Gasteiger partial charge in [-0.15, -0.1) is 0 Å². The molecule has 0 N–H and O–H groups in total. The van der Waals surface area contributed by atoms with Crippen molar-refractivity contribution in [3.63, 3.8) is 0 Å². The minimum atomic E-state index is -0.565. The Morgan fingerprint density at radius 2 is 1.39 bits per heavy atom. The SMILES string of the molecule is O=C(OCCOc1ccccc1)c1cccc(OC(=O)c2cccc(Cl)c2)c1. The number of halogens is 1. The molecule has 0 aromatic heterocycles. The lowest BCUT2D eigenvalue weighted by Gasteiger charge is -2.09. The fraction of sp³-hybridized carbons (Fsp3) is 0.0909. The molecular formula is C22H17ClO5. The minimum Gasteiger partial charge on any atom is -0.490 e. The molecule has 0 amide bonds. The molecule has 5 nitrogen and oxygen atoms in total. The van der Waals surface area contributed by atoms with Crippen molar-refractivity contribution in [3.8, 4) is 11.5 Å². The highest BCUT2D eigenvalue weighted by molar-refractivity contribution is 6.30. The Balaban J connectivity index is 1.53. The fourth-order valence-corrected chi connectivity index (χ4v) is 2.55. The van der Waals surface area contributed by atoms with Gasteiger partial charge in [-0.3, -0.25) is 0 Å². The first-order chi connectivity index (χ1) is 13.6. The lowest BCUT2D eigenvalue weighted by atomic mass is 10.2. The normalized spacial score (nSPS) is 10.2. The Labute approximate surface area is 167 Å². The number of para-hydroxylation sites is 1. The number of carbonyl (C=O) groups excluding carboxylic acids is 2. The number of ether oxygens (including phenoxy) is 3. The van der Waals surface area contributed by atoms with Crippen LogP contribution in [-0.4, -0.2) is 25.2 Å². The number of carbonyl (C=O) groups is 2. The van der Waals surface area contributed by atoms with Gasteiger partial charge in [0, 0.05) is 5.02 Å². The second-order valence-corrected chi connectivity index (χ2v) is 6.16. The van der Waals surface area contributed by atoms with Gasteiger partial charge < -0.3 is 14.2 Å². The molecule has 0 saturated carbocycles. The average Bonchev–Trinajstić information content (AvgIpc) is 2.72. The van der Waals surface area contributed by atoms with Crippen LogP contribution in [0.2, 0.25) is 5.02 Å². The van der Waals surface area contributed by atoms with Gasteiger partial charge >= 0.3 is 11.9 Å². The van der Waals surface area contributed by atoms with Gasteiger partial charge in [-0.2, -0.15) is 0 Å². The number of hydrogen-bond acceptors (Lipinski definition) is 5. The van der Waals surface area contributed by atoms with Crippen LogP contribution < -0.4 is 9.47 Å². The zero-order chi connectivity index (χ0) is 19.8. The number of esters is 2. The summed E-state index contributed by atoms with van der Waals surface area (Å²) < 4.78 is 16.0. The third-order valence-electron chi connectivity index (χ3n) is 3.67. The second-order valence-electron chi connectivity index (χ2n) is 5.73. The van der Waals surface area contributed by atoms with Crippen LogP contribution in [0.5, 0.6) is 11.5 Å². The molecule has 0 aliphatic rings. The van der Waals surface area contributed by atoms with Gasteiger partial charge in [0.1, 0.15) is 24.7 Å². The van der Waals surface area contributed by atoms with Gasteiger partial charge in [0.25, 0.3) is 0 Å². The third kappa shape index (κ3) is 5.59. The zero-order valence-electron chi connectivity index (χ0n) is 14.8. The molecule has 0 aliphatic carbocycles. The predicted molar refractivity (Wildman–Crippen MR) is 105 cm³/mol. The van der Waals surface area contributed by atoms with E-state index in [4.69, 9.17) is 25.8 Å². The predicted octanol–water partition coefficient (Wildman–Crippen LogP) is 4.80. The molecular weight excluding hydrogens is 380 g/mol. The van der Waals surface area contributed by atoms with E-state index in [1.54, 1.807) is 36.4 Å². The lowest BCUT2D eigenvalue weighted by Crippen LogP contribution is -2.13. The van der Waals surface area contributed by atoms with Gasteiger partial charge in [0.05, 0.1) is 11.1 Å². The zero-order valence-corrected chi connectivity index (χ0v) is 15.6. The highest BCUT2D eigenvalue weighted by Crippen LogP contribution is 2.18. The maximum Gasteiger partial charge on any atom is 0.343 e. The molecule has 0 heterocycles. The van der Waals surface area contributed by atoms with Gasteiger partial charge in [-0.05, 0) is 48.5 Å². The number of hydrogen-bond donors (Lipinski definition) is 0. The molecule has 142 valence electrons. The molecule has 0 saturated heterocycles. The summed E-state index contributed by atoms with van der Waals surface area (Å²) in [6.07, 6.45) is 0. The molecule has 0 aliphatic heterocycles. The Bertz CT molecular complexity index is 956. The molecule has 0 bridgehead atoms. The van der Waals surface area contributed by atoms with E-state index in [0.29, 0.717) is 16.3 Å². The van der Waals surface area contributed by atoms with Crippen molar-refractivity contribution >= 4 is 23.5 Å². The monoisotopic (exact) mass is 396 g/mol. The van der Waals surface area contributed by atoms with Gasteiger partial charge in [0.15, 0.2) is 0 Å². The Hall–Kier alpha value is -3.31. The maximum absolute atomic E-state index is 12.2. The van der Waals surface area contributed by atoms with E-state index in [2.05, 4.69) is 0 Å². The first-order valence-electron chi connectivity index (χ1n) is 8.54. The average molecular weight is 397 g/mol. The van der Waals surface area contributed by atoms with Crippen LogP contribution in [0, 0.1) is 0 Å². The van der Waals surface area contributed by atoms with Crippen molar-refractivity contribution in [2.24, 2.45) is 0 Å². The molecule has 6 heteroatoms. The summed E-state index contributed by atoms with van der Waals surface area (Å²) in [6.45, 7) is 0.333. The van der Waals surface area contributed by atoms with Crippen molar-refractivity contribution < 1.29 is 23.8 Å². The maximum atomic E-state index is 12.2. The molecule has 3 rings (SSSR count). The van der Waals surface area contributed by atoms with Crippen LogP contribution in [0.25, 0.3) is 0 Å². The van der Waals surface area contributed by atoms with Gasteiger partial charge in [-0.1, -0.05) is 41.9 Å². The molecule has 3 aromatic carbocycles. The lowest BCUT2D eigenvalue weighted by molar-refractivity contribution is 0.0449. The van der Waals surface area contributed by atoms with Crippen LogP contribution in [0.15, 0.2) is 78.9 Å². The fourth-order valence-electron chi connectivity index (χ4n) is 2.36.